The monoisotopic (exact) mass is 377 g/mol. The van der Waals surface area contributed by atoms with E-state index in [4.69, 9.17) is 4.74 Å². The molecule has 0 aliphatic carbocycles. The van der Waals surface area contributed by atoms with Crippen molar-refractivity contribution in [1.29, 1.82) is 0 Å². The van der Waals surface area contributed by atoms with E-state index >= 15 is 0 Å². The maximum atomic E-state index is 12.4. The molecule has 1 amide bonds. The van der Waals surface area contributed by atoms with Crippen molar-refractivity contribution in [3.63, 3.8) is 0 Å². The summed E-state index contributed by atoms with van der Waals surface area (Å²) in [6.07, 6.45) is 0.151. The third-order valence-corrected chi connectivity index (χ3v) is 3.59. The number of carbonyl (C=O) groups is 1. The molecule has 0 fully saturated rings. The molecule has 0 bridgehead atoms. The SMILES string of the molecule is COOC[C@@H]1C=C(OS(=O)(=O)C(F)(F)F)CN1C(=O)OC(C)(C)C. The molecule has 24 heavy (non-hydrogen) atoms. The fourth-order valence-electron chi connectivity index (χ4n) is 1.68. The van der Waals surface area contributed by atoms with Crippen LogP contribution < -0.4 is 0 Å². The van der Waals surface area contributed by atoms with Crippen molar-refractivity contribution in [2.45, 2.75) is 37.9 Å². The molecule has 0 saturated heterocycles. The molecule has 0 aromatic carbocycles. The van der Waals surface area contributed by atoms with E-state index in [1.807, 2.05) is 0 Å². The van der Waals surface area contributed by atoms with Gasteiger partial charge in [-0.3, -0.25) is 4.90 Å². The lowest BCUT2D eigenvalue weighted by Crippen LogP contribution is -2.42. The number of hydrogen-bond donors (Lipinski definition) is 0. The first-order valence-corrected chi connectivity index (χ1v) is 8.04. The Hall–Kier alpha value is -1.53. The van der Waals surface area contributed by atoms with E-state index in [2.05, 4.69) is 14.0 Å². The minimum Gasteiger partial charge on any atom is -0.444 e. The summed E-state index contributed by atoms with van der Waals surface area (Å²) in [4.78, 5) is 22.1. The van der Waals surface area contributed by atoms with Gasteiger partial charge in [0.25, 0.3) is 0 Å². The Morgan fingerprint density at radius 2 is 1.92 bits per heavy atom. The molecule has 8 nitrogen and oxygen atoms in total. The number of halogens is 3. The van der Waals surface area contributed by atoms with E-state index in [0.29, 0.717) is 0 Å². The highest BCUT2D eigenvalue weighted by atomic mass is 32.2. The third kappa shape index (κ3) is 5.53. The number of ether oxygens (including phenoxy) is 1. The molecule has 0 aromatic heterocycles. The second-order valence-electron chi connectivity index (χ2n) is 5.74. The zero-order valence-corrected chi connectivity index (χ0v) is 14.2. The highest BCUT2D eigenvalue weighted by Gasteiger charge is 2.49. The lowest BCUT2D eigenvalue weighted by atomic mass is 10.2. The standard InChI is InChI=1S/C12H18F3NO7S/c1-11(2,3)22-10(17)16-6-9(5-8(16)7-21-20-4)23-24(18,19)12(13,14)15/h5,8H,6-7H2,1-4H3/t8-/m0/s1. The first kappa shape index (κ1) is 20.5. The Bertz CT molecular complexity index is 595. The Balaban J connectivity index is 2.92. The fourth-order valence-corrected chi connectivity index (χ4v) is 2.17. The van der Waals surface area contributed by atoms with Crippen molar-refractivity contribution >= 4 is 16.2 Å². The molecule has 1 aliphatic heterocycles. The van der Waals surface area contributed by atoms with Crippen LogP contribution >= 0.6 is 0 Å². The number of hydrogen-bond acceptors (Lipinski definition) is 7. The van der Waals surface area contributed by atoms with Gasteiger partial charge in [0, 0.05) is 0 Å². The molecule has 0 radical (unpaired) electrons. The zero-order chi connectivity index (χ0) is 18.8. The first-order chi connectivity index (χ1) is 10.8. The van der Waals surface area contributed by atoms with E-state index < -0.39 is 45.7 Å². The van der Waals surface area contributed by atoms with Crippen molar-refractivity contribution in [3.8, 4) is 0 Å². The topological polar surface area (TPSA) is 91.4 Å². The molecule has 1 heterocycles. The van der Waals surface area contributed by atoms with Gasteiger partial charge in [-0.15, -0.1) is 0 Å². The van der Waals surface area contributed by atoms with E-state index in [0.717, 1.165) is 11.0 Å². The number of rotatable bonds is 5. The van der Waals surface area contributed by atoms with E-state index in [1.54, 1.807) is 20.8 Å². The van der Waals surface area contributed by atoms with E-state index in [9.17, 15) is 26.4 Å². The first-order valence-electron chi connectivity index (χ1n) is 6.63. The van der Waals surface area contributed by atoms with Gasteiger partial charge in [0.2, 0.25) is 0 Å². The van der Waals surface area contributed by atoms with Gasteiger partial charge in [0.05, 0.1) is 19.7 Å². The Morgan fingerprint density at radius 1 is 1.33 bits per heavy atom. The summed E-state index contributed by atoms with van der Waals surface area (Å²) in [5.74, 6) is -0.567. The molecule has 0 unspecified atom stereocenters. The summed E-state index contributed by atoms with van der Waals surface area (Å²) in [6, 6.07) is -0.918. The maximum Gasteiger partial charge on any atom is 0.534 e. The van der Waals surface area contributed by atoms with Crippen molar-refractivity contribution in [2.24, 2.45) is 0 Å². The normalized spacial score (nSPS) is 19.2. The lowest BCUT2D eigenvalue weighted by molar-refractivity contribution is -0.276. The van der Waals surface area contributed by atoms with Gasteiger partial charge in [-0.05, 0) is 26.8 Å². The largest absolute Gasteiger partial charge is 0.534 e. The highest BCUT2D eigenvalue weighted by Crippen LogP contribution is 2.29. The van der Waals surface area contributed by atoms with Crippen LogP contribution in [0.1, 0.15) is 20.8 Å². The fraction of sp³-hybridized carbons (Fsp3) is 0.750. The Morgan fingerprint density at radius 3 is 2.38 bits per heavy atom. The number of nitrogens with zero attached hydrogens (tertiary/aromatic N) is 1. The molecule has 1 aliphatic rings. The minimum atomic E-state index is -5.83. The average molecular weight is 377 g/mol. The highest BCUT2D eigenvalue weighted by molar-refractivity contribution is 7.87. The van der Waals surface area contributed by atoms with Crippen LogP contribution in [-0.2, 0) is 28.8 Å². The van der Waals surface area contributed by atoms with Crippen molar-refractivity contribution in [3.05, 3.63) is 11.8 Å². The van der Waals surface area contributed by atoms with Crippen LogP contribution in [0.2, 0.25) is 0 Å². The molecule has 12 heteroatoms. The van der Waals surface area contributed by atoms with Crippen molar-refractivity contribution in [2.75, 3.05) is 20.3 Å². The third-order valence-electron chi connectivity index (χ3n) is 2.59. The van der Waals surface area contributed by atoms with Gasteiger partial charge in [0.1, 0.15) is 18.0 Å². The summed E-state index contributed by atoms with van der Waals surface area (Å²) in [6.45, 7) is 4.01. The van der Waals surface area contributed by atoms with Gasteiger partial charge >= 0.3 is 21.7 Å². The summed E-state index contributed by atoms with van der Waals surface area (Å²) in [5.41, 5.74) is -6.43. The van der Waals surface area contributed by atoms with Crippen LogP contribution in [0.5, 0.6) is 0 Å². The molecule has 0 aromatic rings. The average Bonchev–Trinajstić information content (AvgIpc) is 2.75. The van der Waals surface area contributed by atoms with E-state index in [1.165, 1.54) is 7.11 Å². The predicted octanol–water partition coefficient (Wildman–Crippen LogP) is 1.93. The van der Waals surface area contributed by atoms with Gasteiger partial charge < -0.3 is 8.92 Å². The number of alkyl halides is 3. The summed E-state index contributed by atoms with van der Waals surface area (Å²) < 4.78 is 68.4. The Kier molecular flexibility index (Phi) is 6.11. The molecule has 1 atom stereocenters. The van der Waals surface area contributed by atoms with Crippen LogP contribution in [0.25, 0.3) is 0 Å². The van der Waals surface area contributed by atoms with E-state index in [-0.39, 0.29) is 6.61 Å². The summed E-state index contributed by atoms with van der Waals surface area (Å²) >= 11 is 0. The second-order valence-corrected chi connectivity index (χ2v) is 7.28. The van der Waals surface area contributed by atoms with Gasteiger partial charge in [-0.25, -0.2) is 14.6 Å². The maximum absolute atomic E-state index is 12.4. The van der Waals surface area contributed by atoms with Gasteiger partial charge in [0.15, 0.2) is 0 Å². The number of amides is 1. The van der Waals surface area contributed by atoms with Crippen LogP contribution in [-0.4, -0.2) is 56.8 Å². The molecule has 1 rings (SSSR count). The minimum absolute atomic E-state index is 0.255. The van der Waals surface area contributed by atoms with Gasteiger partial charge in [-0.1, -0.05) is 0 Å². The zero-order valence-electron chi connectivity index (χ0n) is 13.4. The Labute approximate surface area is 137 Å². The molecule has 0 N–H and O–H groups in total. The molecular weight excluding hydrogens is 359 g/mol. The molecule has 0 spiro atoms. The van der Waals surface area contributed by atoms with Gasteiger partial charge in [-0.2, -0.15) is 21.6 Å². The van der Waals surface area contributed by atoms with Crippen LogP contribution in [0.4, 0.5) is 18.0 Å². The molecular formula is C12H18F3NO7S. The summed E-state index contributed by atoms with van der Waals surface area (Å²) in [7, 11) is -4.63. The van der Waals surface area contributed by atoms with Crippen LogP contribution in [0.3, 0.4) is 0 Å². The molecule has 0 saturated carbocycles. The lowest BCUT2D eigenvalue weighted by Gasteiger charge is -2.27. The molecule has 140 valence electrons. The second kappa shape index (κ2) is 7.15. The smallest absolute Gasteiger partial charge is 0.444 e. The van der Waals surface area contributed by atoms with Crippen LogP contribution in [0.15, 0.2) is 11.8 Å². The quantitative estimate of drug-likeness (QED) is 0.313. The predicted molar refractivity (Wildman–Crippen MR) is 73.8 cm³/mol. The van der Waals surface area contributed by atoms with Crippen molar-refractivity contribution < 1.29 is 45.1 Å². The van der Waals surface area contributed by atoms with Crippen LogP contribution in [0, 0.1) is 0 Å². The number of carbonyl (C=O) groups excluding carboxylic acids is 1. The van der Waals surface area contributed by atoms with Crippen molar-refractivity contribution in [1.82, 2.24) is 4.90 Å². The summed E-state index contributed by atoms with van der Waals surface area (Å²) in [5, 5.41) is 0.